The van der Waals surface area contributed by atoms with Gasteiger partial charge >= 0.3 is 5.97 Å². The molecule has 2 heterocycles. The van der Waals surface area contributed by atoms with E-state index in [0.717, 1.165) is 22.5 Å². The van der Waals surface area contributed by atoms with Crippen LogP contribution in [0.5, 0.6) is 0 Å². The van der Waals surface area contributed by atoms with Gasteiger partial charge in [0.15, 0.2) is 0 Å². The van der Waals surface area contributed by atoms with Crippen LogP contribution in [0.3, 0.4) is 0 Å². The van der Waals surface area contributed by atoms with Crippen LogP contribution in [0, 0.1) is 0 Å². The Bertz CT molecular complexity index is 1210. The molecule has 1 aromatic heterocycles. The van der Waals surface area contributed by atoms with E-state index in [4.69, 9.17) is 22.2 Å². The summed E-state index contributed by atoms with van der Waals surface area (Å²) in [6.07, 6.45) is 2.50. The van der Waals surface area contributed by atoms with Crippen molar-refractivity contribution < 1.29 is 14.4 Å². The van der Waals surface area contributed by atoms with Crippen molar-refractivity contribution in [2.45, 2.75) is 37.6 Å². The number of nitrogens with one attached hydrogen (secondary N) is 2. The number of aryl methyl sites for hydroxylation is 1. The highest BCUT2D eigenvalue weighted by Crippen LogP contribution is 2.38. The van der Waals surface area contributed by atoms with Crippen molar-refractivity contribution in [3.05, 3.63) is 75.9 Å². The second kappa shape index (κ2) is 8.88. The molecule has 0 bridgehead atoms. The lowest BCUT2D eigenvalue weighted by Crippen LogP contribution is -2.36. The van der Waals surface area contributed by atoms with Crippen LogP contribution in [0.25, 0.3) is 0 Å². The molecule has 1 aliphatic carbocycles. The van der Waals surface area contributed by atoms with Gasteiger partial charge < -0.3 is 15.9 Å². The Hall–Kier alpha value is -3.36. The maximum atomic E-state index is 13.4. The normalized spacial score (nSPS) is 19.2. The molecule has 2 aromatic carbocycles. The van der Waals surface area contributed by atoms with Gasteiger partial charge in [0.1, 0.15) is 5.82 Å². The van der Waals surface area contributed by atoms with Crippen LogP contribution >= 0.6 is 11.6 Å². The largest absolute Gasteiger partial charge is 0.384 e. The zero-order valence-corrected chi connectivity index (χ0v) is 18.6. The van der Waals surface area contributed by atoms with E-state index in [1.54, 1.807) is 30.3 Å². The van der Waals surface area contributed by atoms with E-state index in [1.165, 1.54) is 4.68 Å². The maximum absolute atomic E-state index is 13.4. The van der Waals surface area contributed by atoms with E-state index in [9.17, 15) is 9.59 Å². The number of nitrogen functional groups attached to an aromatic ring is 1. The Labute approximate surface area is 196 Å². The topological polar surface area (TPSA) is 111 Å². The summed E-state index contributed by atoms with van der Waals surface area (Å²) in [6.45, 7) is 0.646. The predicted octanol–water partition coefficient (Wildman–Crippen LogP) is 3.58. The number of benzene rings is 2. The minimum atomic E-state index is -0.441. The highest BCUT2D eigenvalue weighted by molar-refractivity contribution is 6.33. The average Bonchev–Trinajstić information content (AvgIpc) is 3.18. The number of carbonyl (C=O) groups excluding carboxylic acids is 2. The molecule has 2 atom stereocenters. The van der Waals surface area contributed by atoms with Crippen molar-refractivity contribution in [1.29, 1.82) is 0 Å². The van der Waals surface area contributed by atoms with Gasteiger partial charge in [-0.1, -0.05) is 41.9 Å². The molecule has 0 fully saturated rings. The van der Waals surface area contributed by atoms with Crippen molar-refractivity contribution in [3.8, 4) is 0 Å². The van der Waals surface area contributed by atoms with Crippen LogP contribution in [0.2, 0.25) is 5.02 Å². The Morgan fingerprint density at radius 2 is 1.97 bits per heavy atom. The van der Waals surface area contributed by atoms with Crippen LogP contribution in [-0.2, 0) is 17.7 Å². The fourth-order valence-electron chi connectivity index (χ4n) is 4.55. The average molecular weight is 466 g/mol. The van der Waals surface area contributed by atoms with Gasteiger partial charge in [0.2, 0.25) is 0 Å². The molecule has 3 aromatic rings. The molecule has 5 rings (SSSR count). The lowest BCUT2D eigenvalue weighted by atomic mass is 9.90. The molecule has 4 N–H and O–H groups in total. The Morgan fingerprint density at radius 3 is 2.79 bits per heavy atom. The molecular weight excluding hydrogens is 442 g/mol. The highest BCUT2D eigenvalue weighted by Gasteiger charge is 2.33. The van der Waals surface area contributed by atoms with Gasteiger partial charge in [0.05, 0.1) is 27.9 Å². The first-order valence-electron chi connectivity index (χ1n) is 11.0. The van der Waals surface area contributed by atoms with E-state index in [-0.39, 0.29) is 17.9 Å². The summed E-state index contributed by atoms with van der Waals surface area (Å²) in [7, 11) is 0. The Morgan fingerprint density at radius 1 is 1.15 bits per heavy atom. The van der Waals surface area contributed by atoms with Crippen LogP contribution in [0.1, 0.15) is 50.7 Å². The van der Waals surface area contributed by atoms with Gasteiger partial charge in [-0.25, -0.2) is 4.79 Å². The van der Waals surface area contributed by atoms with Gasteiger partial charge in [-0.05, 0) is 49.4 Å². The number of fused-ring (bicyclic) bond motifs is 2. The van der Waals surface area contributed by atoms with E-state index >= 15 is 0 Å². The molecule has 2 aliphatic rings. The lowest BCUT2D eigenvalue weighted by molar-refractivity contribution is 0.0139. The molecule has 8 nitrogen and oxygen atoms in total. The van der Waals surface area contributed by atoms with Crippen LogP contribution < -0.4 is 16.5 Å². The molecule has 0 saturated heterocycles. The zero-order chi connectivity index (χ0) is 22.9. The van der Waals surface area contributed by atoms with Crippen molar-refractivity contribution in [1.82, 2.24) is 15.3 Å². The minimum Gasteiger partial charge on any atom is -0.384 e. The third-order valence-electron chi connectivity index (χ3n) is 6.28. The predicted molar refractivity (Wildman–Crippen MR) is 125 cm³/mol. The number of hydrogen-bond acceptors (Lipinski definition) is 7. The number of nitrogens with zero attached hydrogens (tertiary/aromatic N) is 2. The van der Waals surface area contributed by atoms with Crippen molar-refractivity contribution in [2.24, 2.45) is 0 Å². The summed E-state index contributed by atoms with van der Waals surface area (Å²) in [5.74, 6) is -0.627. The van der Waals surface area contributed by atoms with Gasteiger partial charge in [-0.15, -0.1) is 5.48 Å². The summed E-state index contributed by atoms with van der Waals surface area (Å²) >= 11 is 6.32. The monoisotopic (exact) mass is 465 g/mol. The van der Waals surface area contributed by atoms with E-state index in [0.29, 0.717) is 48.6 Å². The summed E-state index contributed by atoms with van der Waals surface area (Å²) in [6, 6.07) is 14.2. The number of halogens is 1. The number of aromatic nitrogens is 2. The van der Waals surface area contributed by atoms with Gasteiger partial charge in [-0.3, -0.25) is 4.79 Å². The first-order chi connectivity index (χ1) is 16.0. The van der Waals surface area contributed by atoms with E-state index in [1.807, 2.05) is 18.2 Å². The van der Waals surface area contributed by atoms with Crippen LogP contribution in [0.15, 0.2) is 48.5 Å². The fourth-order valence-corrected chi connectivity index (χ4v) is 4.80. The Kier molecular flexibility index (Phi) is 5.78. The summed E-state index contributed by atoms with van der Waals surface area (Å²) in [5, 5.41) is 8.42. The number of hydroxylamine groups is 1. The quantitative estimate of drug-likeness (QED) is 0.505. The summed E-state index contributed by atoms with van der Waals surface area (Å²) < 4.78 is 1.34. The molecule has 0 spiro atoms. The van der Waals surface area contributed by atoms with Crippen LogP contribution in [0.4, 0.5) is 11.5 Å². The SMILES string of the molecule is Nc1c2c(nn1C(=O)C1CCNc3c(Cl)cccc31)CCC(NOC(=O)c1ccccc1)C2. The third-order valence-corrected chi connectivity index (χ3v) is 6.59. The number of carbonyl (C=O) groups is 2. The number of nitrogens with two attached hydrogens (primary N) is 1. The molecule has 0 saturated carbocycles. The number of hydrogen-bond donors (Lipinski definition) is 3. The third kappa shape index (κ3) is 4.07. The molecule has 33 heavy (non-hydrogen) atoms. The fraction of sp³-hybridized carbons (Fsp3) is 0.292. The van der Waals surface area contributed by atoms with E-state index < -0.39 is 5.97 Å². The zero-order valence-electron chi connectivity index (χ0n) is 17.9. The number of para-hydroxylation sites is 1. The van der Waals surface area contributed by atoms with Crippen molar-refractivity contribution in [3.63, 3.8) is 0 Å². The first-order valence-corrected chi connectivity index (χ1v) is 11.3. The number of rotatable bonds is 4. The molecule has 0 radical (unpaired) electrons. The molecule has 1 aliphatic heterocycles. The number of anilines is 2. The molecule has 0 amide bonds. The van der Waals surface area contributed by atoms with Gasteiger partial charge in [0, 0.05) is 18.2 Å². The molecule has 9 heteroatoms. The second-order valence-corrected chi connectivity index (χ2v) is 8.75. The highest BCUT2D eigenvalue weighted by atomic mass is 35.5. The second-order valence-electron chi connectivity index (χ2n) is 8.35. The minimum absolute atomic E-state index is 0.112. The molecule has 2 unspecified atom stereocenters. The van der Waals surface area contributed by atoms with Crippen molar-refractivity contribution >= 4 is 35.0 Å². The summed E-state index contributed by atoms with van der Waals surface area (Å²) in [5.41, 5.74) is 13.0. The van der Waals surface area contributed by atoms with Gasteiger partial charge in [-0.2, -0.15) is 9.78 Å². The Balaban J connectivity index is 1.31. The van der Waals surface area contributed by atoms with Gasteiger partial charge in [0.25, 0.3) is 5.91 Å². The molecule has 170 valence electrons. The van der Waals surface area contributed by atoms with E-state index in [2.05, 4.69) is 15.9 Å². The molecular formula is C24H24ClN5O3. The maximum Gasteiger partial charge on any atom is 0.356 e. The summed E-state index contributed by atoms with van der Waals surface area (Å²) in [4.78, 5) is 30.9. The first kappa shape index (κ1) is 21.5. The standard InChI is InChI=1S/C24H24ClN5O3/c25-19-8-4-7-16-17(11-12-27-21(16)19)23(31)30-22(26)18-13-15(9-10-20(18)28-30)29-33-24(32)14-5-2-1-3-6-14/h1-8,15,17,27,29H,9-13,26H2. The van der Waals surface area contributed by atoms with Crippen LogP contribution in [-0.4, -0.2) is 34.2 Å². The van der Waals surface area contributed by atoms with Crippen molar-refractivity contribution in [2.75, 3.05) is 17.6 Å². The lowest BCUT2D eigenvalue weighted by Gasteiger charge is -2.26. The smallest absolute Gasteiger partial charge is 0.356 e.